The number of hydrogen-bond acceptors (Lipinski definition) is 10. The Kier molecular flexibility index (Phi) is 7.29. The fourth-order valence-electron chi connectivity index (χ4n) is 5.18. The van der Waals surface area contributed by atoms with Gasteiger partial charge >= 0.3 is 0 Å². The highest BCUT2D eigenvalue weighted by Crippen LogP contribution is 2.34. The van der Waals surface area contributed by atoms with E-state index in [1.165, 1.54) is 11.3 Å². The molecule has 4 heterocycles. The molecule has 0 bridgehead atoms. The van der Waals surface area contributed by atoms with Crippen LogP contribution in [0, 0.1) is 13.8 Å². The molecule has 11 heteroatoms. The minimum absolute atomic E-state index is 0.0170. The SMILES string of the molecule is COC(C)(C)COC1CN(c2ccc3c(n2)CCC(NC(=O)c2sc4nc(C)nc(C)c4c2N)C3)CC1N. The second kappa shape index (κ2) is 10.4. The van der Waals surface area contributed by atoms with Crippen molar-refractivity contribution in [3.8, 4) is 0 Å². The number of carbonyl (C=O) groups excluding carboxylic acids is 1. The lowest BCUT2D eigenvalue weighted by molar-refractivity contribution is -0.0728. The maximum atomic E-state index is 13.2. The van der Waals surface area contributed by atoms with Gasteiger partial charge in [0, 0.05) is 31.9 Å². The molecular weight excluding hydrogens is 502 g/mol. The highest BCUT2D eigenvalue weighted by Gasteiger charge is 2.34. The Morgan fingerprint density at radius 1 is 1.24 bits per heavy atom. The molecular formula is C27H37N7O3S. The first kappa shape index (κ1) is 26.7. The summed E-state index contributed by atoms with van der Waals surface area (Å²) in [4.78, 5) is 30.4. The van der Waals surface area contributed by atoms with E-state index in [1.54, 1.807) is 7.11 Å². The number of carbonyl (C=O) groups is 1. The second-order valence-corrected chi connectivity index (χ2v) is 12.0. The summed E-state index contributed by atoms with van der Waals surface area (Å²) in [5, 5.41) is 3.96. The molecule has 1 aliphatic heterocycles. The van der Waals surface area contributed by atoms with Crippen LogP contribution in [-0.2, 0) is 22.3 Å². The van der Waals surface area contributed by atoms with E-state index in [2.05, 4.69) is 26.3 Å². The van der Waals surface area contributed by atoms with Crippen LogP contribution in [0.3, 0.4) is 0 Å². The number of rotatable bonds is 7. The highest BCUT2D eigenvalue weighted by atomic mass is 32.1. The molecule has 38 heavy (non-hydrogen) atoms. The summed E-state index contributed by atoms with van der Waals surface area (Å²) in [6.07, 6.45) is 2.27. The van der Waals surface area contributed by atoms with Crippen molar-refractivity contribution in [3.63, 3.8) is 0 Å². The largest absolute Gasteiger partial charge is 0.397 e. The maximum Gasteiger partial charge on any atom is 0.263 e. The molecule has 0 aromatic carbocycles. The standard InChI is InChI=1S/C27H37N7O3S/c1-14-22-23(29)24(38-26(22)31-15(2)30-14)25(35)32-17-7-8-19-16(10-17)6-9-21(33-19)34-11-18(28)20(12-34)37-13-27(3,4)36-5/h6,9,17-18,20H,7-8,10-13,28-29H2,1-5H3,(H,32,35). The highest BCUT2D eigenvalue weighted by molar-refractivity contribution is 7.21. The number of amides is 1. The van der Waals surface area contributed by atoms with Crippen LogP contribution in [0.2, 0.25) is 0 Å². The summed E-state index contributed by atoms with van der Waals surface area (Å²) in [5.41, 5.74) is 15.9. The molecule has 3 aromatic rings. The van der Waals surface area contributed by atoms with Gasteiger partial charge < -0.3 is 31.2 Å². The molecule has 5 N–H and O–H groups in total. The molecule has 10 nitrogen and oxygen atoms in total. The number of nitrogens with zero attached hydrogens (tertiary/aromatic N) is 4. The van der Waals surface area contributed by atoms with Crippen LogP contribution in [0.15, 0.2) is 12.1 Å². The molecule has 0 spiro atoms. The number of hydrogen-bond donors (Lipinski definition) is 3. The topological polar surface area (TPSA) is 142 Å². The lowest BCUT2D eigenvalue weighted by Crippen LogP contribution is -2.39. The van der Waals surface area contributed by atoms with Gasteiger partial charge in [0.15, 0.2) is 0 Å². The average molecular weight is 540 g/mol. The molecule has 1 saturated heterocycles. The Bertz CT molecular complexity index is 1360. The Morgan fingerprint density at radius 2 is 2.03 bits per heavy atom. The minimum Gasteiger partial charge on any atom is -0.397 e. The summed E-state index contributed by atoms with van der Waals surface area (Å²) in [5.74, 6) is 1.44. The second-order valence-electron chi connectivity index (χ2n) is 11.0. The molecule has 0 saturated carbocycles. The van der Waals surface area contributed by atoms with Crippen LogP contribution < -0.4 is 21.7 Å². The van der Waals surface area contributed by atoms with E-state index < -0.39 is 0 Å². The van der Waals surface area contributed by atoms with Crippen molar-refractivity contribution in [2.24, 2.45) is 5.73 Å². The molecule has 3 atom stereocenters. The monoisotopic (exact) mass is 539 g/mol. The zero-order chi connectivity index (χ0) is 27.2. The lowest BCUT2D eigenvalue weighted by Gasteiger charge is -2.27. The van der Waals surface area contributed by atoms with Crippen LogP contribution in [0.25, 0.3) is 10.2 Å². The average Bonchev–Trinajstić information content (AvgIpc) is 3.41. The van der Waals surface area contributed by atoms with Gasteiger partial charge in [-0.25, -0.2) is 15.0 Å². The number of pyridine rings is 1. The summed E-state index contributed by atoms with van der Waals surface area (Å²) >= 11 is 1.32. The quantitative estimate of drug-likeness (QED) is 0.413. The van der Waals surface area contributed by atoms with Gasteiger partial charge in [-0.1, -0.05) is 6.07 Å². The Labute approximate surface area is 227 Å². The molecule has 0 radical (unpaired) electrons. The molecule has 3 unspecified atom stereocenters. The summed E-state index contributed by atoms with van der Waals surface area (Å²) < 4.78 is 11.6. The fourth-order valence-corrected chi connectivity index (χ4v) is 6.27. The minimum atomic E-state index is -0.349. The summed E-state index contributed by atoms with van der Waals surface area (Å²) in [6, 6.07) is 4.10. The first-order chi connectivity index (χ1) is 18.0. The van der Waals surface area contributed by atoms with Crippen molar-refractivity contribution >= 4 is 39.0 Å². The molecule has 2 aliphatic rings. The number of nitrogens with one attached hydrogen (secondary N) is 1. The van der Waals surface area contributed by atoms with E-state index in [0.717, 1.165) is 52.2 Å². The Hall–Kier alpha value is -2.86. The molecule has 1 fully saturated rings. The molecule has 3 aromatic heterocycles. The number of methoxy groups -OCH3 is 1. The van der Waals surface area contributed by atoms with E-state index >= 15 is 0 Å². The zero-order valence-corrected chi connectivity index (χ0v) is 23.5. The van der Waals surface area contributed by atoms with E-state index in [9.17, 15) is 4.79 Å². The third-order valence-corrected chi connectivity index (χ3v) is 8.60. The third-order valence-electron chi connectivity index (χ3n) is 7.50. The van der Waals surface area contributed by atoms with Crippen LogP contribution in [-0.4, -0.2) is 71.5 Å². The van der Waals surface area contributed by atoms with Gasteiger partial charge in [-0.05, 0) is 58.6 Å². The Balaban J connectivity index is 1.23. The predicted molar refractivity (Wildman–Crippen MR) is 150 cm³/mol. The molecule has 5 rings (SSSR count). The van der Waals surface area contributed by atoms with Gasteiger partial charge in [-0.3, -0.25) is 4.79 Å². The first-order valence-corrected chi connectivity index (χ1v) is 13.9. The van der Waals surface area contributed by atoms with E-state index in [1.807, 2.05) is 33.8 Å². The van der Waals surface area contributed by atoms with Crippen LogP contribution in [0.1, 0.15) is 52.7 Å². The number of fused-ring (bicyclic) bond motifs is 2. The number of aryl methyl sites for hydroxylation is 3. The molecule has 1 amide bonds. The van der Waals surface area contributed by atoms with Gasteiger partial charge in [0.1, 0.15) is 21.3 Å². The number of anilines is 2. The number of ether oxygens (including phenoxy) is 2. The van der Waals surface area contributed by atoms with Crippen molar-refractivity contribution in [3.05, 3.63) is 39.8 Å². The summed E-state index contributed by atoms with van der Waals surface area (Å²) in [6.45, 7) is 9.62. The maximum absolute atomic E-state index is 13.2. The lowest BCUT2D eigenvalue weighted by atomic mass is 9.91. The molecule has 204 valence electrons. The van der Waals surface area contributed by atoms with Gasteiger partial charge in [0.05, 0.1) is 41.1 Å². The van der Waals surface area contributed by atoms with Crippen molar-refractivity contribution in [2.75, 3.05) is 37.4 Å². The predicted octanol–water partition coefficient (Wildman–Crippen LogP) is 2.53. The summed E-state index contributed by atoms with van der Waals surface area (Å²) in [7, 11) is 1.69. The van der Waals surface area contributed by atoms with Crippen molar-refractivity contribution in [1.82, 2.24) is 20.3 Å². The smallest absolute Gasteiger partial charge is 0.263 e. The molecule has 1 aliphatic carbocycles. The van der Waals surface area contributed by atoms with E-state index in [0.29, 0.717) is 36.1 Å². The Morgan fingerprint density at radius 3 is 2.79 bits per heavy atom. The van der Waals surface area contributed by atoms with Gasteiger partial charge in [-0.15, -0.1) is 11.3 Å². The van der Waals surface area contributed by atoms with Crippen LogP contribution in [0.5, 0.6) is 0 Å². The number of nitrogens with two attached hydrogens (primary N) is 2. The first-order valence-electron chi connectivity index (χ1n) is 13.0. The van der Waals surface area contributed by atoms with Crippen molar-refractivity contribution in [1.29, 1.82) is 0 Å². The van der Waals surface area contributed by atoms with Crippen LogP contribution in [0.4, 0.5) is 11.5 Å². The van der Waals surface area contributed by atoms with Crippen molar-refractivity contribution < 1.29 is 14.3 Å². The van der Waals surface area contributed by atoms with Gasteiger partial charge in [0.25, 0.3) is 5.91 Å². The third kappa shape index (κ3) is 5.33. The van der Waals surface area contributed by atoms with E-state index in [4.69, 9.17) is 25.9 Å². The number of thiophene rings is 1. The van der Waals surface area contributed by atoms with Crippen LogP contribution >= 0.6 is 11.3 Å². The fraction of sp³-hybridized carbons (Fsp3) is 0.556. The zero-order valence-electron chi connectivity index (χ0n) is 22.7. The van der Waals surface area contributed by atoms with Gasteiger partial charge in [-0.2, -0.15) is 0 Å². The number of aromatic nitrogens is 3. The number of nitrogen functional groups attached to an aromatic ring is 1. The van der Waals surface area contributed by atoms with Gasteiger partial charge in [0.2, 0.25) is 0 Å². The van der Waals surface area contributed by atoms with Crippen molar-refractivity contribution in [2.45, 2.75) is 70.7 Å². The normalized spacial score (nSPS) is 21.6. The van der Waals surface area contributed by atoms with E-state index in [-0.39, 0.29) is 29.7 Å².